The van der Waals surface area contributed by atoms with Crippen LogP contribution in [-0.4, -0.2) is 89.8 Å². The molecule has 2 aliphatic heterocycles. The molecule has 3 heterocycles. The molecule has 6 rings (SSSR count). The topological polar surface area (TPSA) is 118 Å². The summed E-state index contributed by atoms with van der Waals surface area (Å²) >= 11 is 0. The molecule has 2 fully saturated rings. The van der Waals surface area contributed by atoms with E-state index in [2.05, 4.69) is 16.0 Å². The summed E-state index contributed by atoms with van der Waals surface area (Å²) in [4.78, 5) is 33.1. The number of hydrogen-bond acceptors (Lipinski definition) is 10. The van der Waals surface area contributed by atoms with Gasteiger partial charge in [0.15, 0.2) is 11.5 Å². The molecule has 1 unspecified atom stereocenters. The van der Waals surface area contributed by atoms with Crippen molar-refractivity contribution < 1.29 is 42.7 Å². The van der Waals surface area contributed by atoms with Crippen molar-refractivity contribution in [3.8, 4) is 23.0 Å². The number of rotatable bonds is 8. The average molecular weight is 609 g/mol. The van der Waals surface area contributed by atoms with Crippen LogP contribution < -0.4 is 18.9 Å². The monoisotopic (exact) mass is 608 g/mol. The highest BCUT2D eigenvalue weighted by Crippen LogP contribution is 2.51. The molecule has 2 aromatic carbocycles. The molecule has 1 N–H and O–H groups in total. The highest BCUT2D eigenvalue weighted by atomic mass is 16.6. The Morgan fingerprint density at radius 3 is 2.30 bits per heavy atom. The lowest BCUT2D eigenvalue weighted by Gasteiger charge is -2.52. The van der Waals surface area contributed by atoms with E-state index in [0.717, 1.165) is 37.2 Å². The summed E-state index contributed by atoms with van der Waals surface area (Å²) in [7, 11) is 9.10. The van der Waals surface area contributed by atoms with Crippen molar-refractivity contribution in [1.82, 2.24) is 9.88 Å². The number of methoxy groups -OCH3 is 6. The Morgan fingerprint density at radius 2 is 1.66 bits per heavy atom. The smallest absolute Gasteiger partial charge is 0.338 e. The zero-order chi connectivity index (χ0) is 31.1. The van der Waals surface area contributed by atoms with Gasteiger partial charge in [0.1, 0.15) is 18.0 Å². The lowest BCUT2D eigenvalue weighted by molar-refractivity contribution is -0.176. The van der Waals surface area contributed by atoms with Crippen LogP contribution in [0.5, 0.6) is 23.0 Å². The summed E-state index contributed by atoms with van der Waals surface area (Å²) in [6, 6.07) is 9.40. The van der Waals surface area contributed by atoms with Gasteiger partial charge in [-0.2, -0.15) is 0 Å². The molecule has 11 heteroatoms. The fourth-order valence-electron chi connectivity index (χ4n) is 7.76. The maximum Gasteiger partial charge on any atom is 0.338 e. The molecule has 3 aliphatic rings. The van der Waals surface area contributed by atoms with E-state index in [9.17, 15) is 9.59 Å². The van der Waals surface area contributed by atoms with Gasteiger partial charge in [-0.1, -0.05) is 0 Å². The molecule has 1 aliphatic carbocycles. The largest absolute Gasteiger partial charge is 0.497 e. The van der Waals surface area contributed by atoms with E-state index in [1.165, 1.54) is 45.1 Å². The number of nitrogens with zero attached hydrogens (tertiary/aromatic N) is 1. The SMILES string of the molecule is COC(=O)[C@H]1[C@H]2C[C@@H]3c4[nH]c5cc(OC)ccc5c4CCN3C[C@H]2CC(OC(=O)c2cc(OC)c(OC)c(OC)c2)[C@@H]1OC. The number of H-pyrrole nitrogens is 1. The summed E-state index contributed by atoms with van der Waals surface area (Å²) in [5, 5.41) is 1.21. The molecule has 11 nitrogen and oxygen atoms in total. The van der Waals surface area contributed by atoms with E-state index in [-0.39, 0.29) is 29.4 Å². The Balaban J connectivity index is 1.29. The number of carbonyl (C=O) groups is 2. The number of esters is 2. The van der Waals surface area contributed by atoms with Crippen molar-refractivity contribution in [2.75, 3.05) is 55.7 Å². The maximum atomic E-state index is 13.5. The average Bonchev–Trinajstić information content (AvgIpc) is 3.43. The molecule has 6 atom stereocenters. The number of aromatic nitrogens is 1. The Bertz CT molecular complexity index is 1530. The first-order valence-electron chi connectivity index (χ1n) is 14.9. The quantitative estimate of drug-likeness (QED) is 0.374. The van der Waals surface area contributed by atoms with Crippen molar-refractivity contribution in [3.63, 3.8) is 0 Å². The van der Waals surface area contributed by atoms with Crippen molar-refractivity contribution in [2.45, 2.75) is 37.5 Å². The third kappa shape index (κ3) is 5.01. The van der Waals surface area contributed by atoms with E-state index in [1.807, 2.05) is 12.1 Å². The lowest BCUT2D eigenvalue weighted by atomic mass is 9.63. The molecule has 44 heavy (non-hydrogen) atoms. The number of aromatic amines is 1. The Hall–Kier alpha value is -3.96. The predicted molar refractivity (Wildman–Crippen MR) is 161 cm³/mol. The maximum absolute atomic E-state index is 13.5. The number of benzene rings is 2. The second-order valence-corrected chi connectivity index (χ2v) is 11.7. The van der Waals surface area contributed by atoms with Crippen LogP contribution in [0.3, 0.4) is 0 Å². The van der Waals surface area contributed by atoms with Crippen molar-refractivity contribution in [1.29, 1.82) is 0 Å². The Labute approximate surface area is 256 Å². The highest BCUT2D eigenvalue weighted by Gasteiger charge is 2.54. The van der Waals surface area contributed by atoms with E-state index in [0.29, 0.717) is 23.7 Å². The van der Waals surface area contributed by atoms with Crippen molar-refractivity contribution in [3.05, 3.63) is 47.2 Å². The number of ether oxygens (including phenoxy) is 7. The normalized spacial score (nSPS) is 26.1. The van der Waals surface area contributed by atoms with Crippen LogP contribution in [0.15, 0.2) is 30.3 Å². The summed E-state index contributed by atoms with van der Waals surface area (Å²) in [5.41, 5.74) is 3.83. The molecule has 1 saturated carbocycles. The van der Waals surface area contributed by atoms with Gasteiger partial charge in [0.25, 0.3) is 0 Å². The molecular formula is C33H40N2O9. The molecule has 0 amide bonds. The first-order valence-corrected chi connectivity index (χ1v) is 14.9. The summed E-state index contributed by atoms with van der Waals surface area (Å²) in [5.74, 6) is 0.441. The van der Waals surface area contributed by atoms with Crippen molar-refractivity contribution in [2.24, 2.45) is 17.8 Å². The van der Waals surface area contributed by atoms with Gasteiger partial charge in [-0.25, -0.2) is 4.79 Å². The molecule has 1 aromatic heterocycles. The van der Waals surface area contributed by atoms with Gasteiger partial charge < -0.3 is 38.1 Å². The molecule has 1 saturated heterocycles. The minimum absolute atomic E-state index is 0.0170. The van der Waals surface area contributed by atoms with Crippen LogP contribution in [-0.2, 0) is 25.4 Å². The van der Waals surface area contributed by atoms with Crippen LogP contribution in [0, 0.1) is 17.8 Å². The fraction of sp³-hybridized carbons (Fsp3) is 0.515. The minimum atomic E-state index is -0.670. The zero-order valence-corrected chi connectivity index (χ0v) is 26.0. The van der Waals surface area contributed by atoms with Gasteiger partial charge in [-0.05, 0) is 60.9 Å². The van der Waals surface area contributed by atoms with Gasteiger partial charge in [-0.15, -0.1) is 0 Å². The molecule has 0 spiro atoms. The van der Waals surface area contributed by atoms with Crippen LogP contribution >= 0.6 is 0 Å². The second kappa shape index (κ2) is 12.2. The third-order valence-corrected chi connectivity index (χ3v) is 9.76. The molecule has 0 bridgehead atoms. The summed E-state index contributed by atoms with van der Waals surface area (Å²) < 4.78 is 39.1. The molecular weight excluding hydrogens is 568 g/mol. The molecule has 3 aromatic rings. The number of piperidine rings is 1. The summed E-state index contributed by atoms with van der Waals surface area (Å²) in [6.07, 6.45) is 0.920. The van der Waals surface area contributed by atoms with E-state index in [4.69, 9.17) is 33.2 Å². The van der Waals surface area contributed by atoms with Gasteiger partial charge in [0.05, 0.1) is 53.1 Å². The van der Waals surface area contributed by atoms with Crippen LogP contribution in [0.2, 0.25) is 0 Å². The van der Waals surface area contributed by atoms with E-state index >= 15 is 0 Å². The van der Waals surface area contributed by atoms with Gasteiger partial charge in [-0.3, -0.25) is 9.69 Å². The highest BCUT2D eigenvalue weighted by molar-refractivity contribution is 5.91. The van der Waals surface area contributed by atoms with Gasteiger partial charge in [0.2, 0.25) is 5.75 Å². The fourth-order valence-corrected chi connectivity index (χ4v) is 7.76. The number of fused-ring (bicyclic) bond motifs is 6. The third-order valence-electron chi connectivity index (χ3n) is 9.76. The van der Waals surface area contributed by atoms with Crippen LogP contribution in [0.1, 0.15) is 40.5 Å². The van der Waals surface area contributed by atoms with E-state index < -0.39 is 24.1 Å². The minimum Gasteiger partial charge on any atom is -0.497 e. The van der Waals surface area contributed by atoms with Gasteiger partial charge in [0, 0.05) is 42.9 Å². The first kappa shape index (κ1) is 30.1. The lowest BCUT2D eigenvalue weighted by Crippen LogP contribution is -2.58. The number of hydrogen-bond donors (Lipinski definition) is 1. The second-order valence-electron chi connectivity index (χ2n) is 11.7. The van der Waals surface area contributed by atoms with Crippen LogP contribution in [0.4, 0.5) is 0 Å². The number of nitrogens with one attached hydrogen (secondary N) is 1. The molecule has 236 valence electrons. The van der Waals surface area contributed by atoms with Crippen molar-refractivity contribution >= 4 is 22.8 Å². The summed E-state index contributed by atoms with van der Waals surface area (Å²) in [6.45, 7) is 1.68. The number of carbonyl (C=O) groups excluding carboxylic acids is 2. The standard InChI is InChI=1S/C33H40N2O9/c1-38-19-7-8-20-21-9-10-35-16-18-13-27(44-32(36)17-11-25(39-2)30(41-4)26(12-17)40-3)31(42-5)28(33(37)43-6)22(18)15-24(35)29(21)34-23(20)14-19/h7-8,11-12,14,18,22,24,27-28,31,34H,9-10,13,15-16H2,1-6H3/t18-,22+,24-,27?,28+,31+/m1/s1. The van der Waals surface area contributed by atoms with Crippen LogP contribution in [0.25, 0.3) is 10.9 Å². The Kier molecular flexibility index (Phi) is 8.34. The predicted octanol–water partition coefficient (Wildman–Crippen LogP) is 4.17. The van der Waals surface area contributed by atoms with E-state index in [1.54, 1.807) is 26.4 Å². The first-order chi connectivity index (χ1) is 21.3. The molecule has 0 radical (unpaired) electrons. The Morgan fingerprint density at radius 1 is 0.909 bits per heavy atom. The zero-order valence-electron chi connectivity index (χ0n) is 26.0. The van der Waals surface area contributed by atoms with Gasteiger partial charge >= 0.3 is 11.9 Å².